The average molecular weight is 475 g/mol. The Morgan fingerprint density at radius 2 is 2.00 bits per heavy atom. The van der Waals surface area contributed by atoms with Crippen molar-refractivity contribution < 1.29 is 14.6 Å². The van der Waals surface area contributed by atoms with E-state index in [-0.39, 0.29) is 5.91 Å². The molecule has 1 aliphatic rings. The largest absolute Gasteiger partial charge is 0.439 e. The first-order valence-electron chi connectivity index (χ1n) is 11.5. The maximum Gasteiger partial charge on any atom is 0.251 e. The third kappa shape index (κ3) is 6.00. The topological polar surface area (TPSA) is 117 Å². The minimum absolute atomic E-state index is 0.207. The van der Waals surface area contributed by atoms with Gasteiger partial charge in [0.1, 0.15) is 11.9 Å². The summed E-state index contributed by atoms with van der Waals surface area (Å²) >= 11 is 0. The zero-order valence-corrected chi connectivity index (χ0v) is 20.0. The van der Waals surface area contributed by atoms with Gasteiger partial charge in [-0.25, -0.2) is 4.98 Å². The second-order valence-electron chi connectivity index (χ2n) is 8.39. The molecule has 1 aromatic carbocycles. The Labute approximate surface area is 204 Å². The van der Waals surface area contributed by atoms with Gasteiger partial charge < -0.3 is 20.5 Å². The Morgan fingerprint density at radius 3 is 2.66 bits per heavy atom. The van der Waals surface area contributed by atoms with Gasteiger partial charge in [0.2, 0.25) is 5.88 Å². The predicted octanol–water partition coefficient (Wildman–Crippen LogP) is 2.34. The Bertz CT molecular complexity index is 1230. The predicted molar refractivity (Wildman–Crippen MR) is 135 cm³/mol. The quantitative estimate of drug-likeness (QED) is 0.505. The highest BCUT2D eigenvalue weighted by Gasteiger charge is 2.23. The monoisotopic (exact) mass is 474 g/mol. The highest BCUT2D eigenvalue weighted by molar-refractivity contribution is 6.08. The molecule has 1 aliphatic heterocycles. The van der Waals surface area contributed by atoms with Crippen molar-refractivity contribution in [2.75, 3.05) is 33.2 Å². The van der Waals surface area contributed by atoms with Crippen LogP contribution in [0, 0.1) is 0 Å². The third-order valence-corrected chi connectivity index (χ3v) is 5.89. The summed E-state index contributed by atoms with van der Waals surface area (Å²) in [5, 5.41) is 10.5. The number of fused-ring (bicyclic) bond motifs is 1. The Balaban J connectivity index is 1.38. The molecule has 0 bridgehead atoms. The van der Waals surface area contributed by atoms with Crippen LogP contribution in [0.1, 0.15) is 18.2 Å². The van der Waals surface area contributed by atoms with Crippen molar-refractivity contribution >= 4 is 22.5 Å². The molecule has 3 N–H and O–H groups in total. The maximum absolute atomic E-state index is 12.0. The first kappa shape index (κ1) is 24.3. The van der Waals surface area contributed by atoms with Crippen LogP contribution in [-0.4, -0.2) is 75.8 Å². The molecule has 9 nitrogen and oxygen atoms in total. The first-order valence-corrected chi connectivity index (χ1v) is 11.5. The van der Waals surface area contributed by atoms with Crippen LogP contribution in [0.2, 0.25) is 0 Å². The summed E-state index contributed by atoms with van der Waals surface area (Å²) in [4.78, 5) is 29.3. The van der Waals surface area contributed by atoms with Crippen molar-refractivity contribution in [3.63, 3.8) is 0 Å². The minimum Gasteiger partial charge on any atom is -0.439 e. The summed E-state index contributed by atoms with van der Waals surface area (Å²) in [6.45, 7) is 4.96. The molecule has 1 atom stereocenters. The van der Waals surface area contributed by atoms with E-state index < -0.39 is 6.10 Å². The number of carbonyl (C=O) groups is 1. The molecule has 0 radical (unpaired) electrons. The fourth-order valence-corrected chi connectivity index (χ4v) is 4.02. The average Bonchev–Trinajstić information content (AvgIpc) is 2.88. The summed E-state index contributed by atoms with van der Waals surface area (Å²) in [5.41, 5.74) is 8.92. The van der Waals surface area contributed by atoms with Gasteiger partial charge in [-0.3, -0.25) is 19.7 Å². The van der Waals surface area contributed by atoms with Crippen LogP contribution in [0.3, 0.4) is 0 Å². The number of aliphatic hydroxyl groups excluding tert-OH is 1. The van der Waals surface area contributed by atoms with Crippen LogP contribution >= 0.6 is 0 Å². The molecule has 182 valence electrons. The van der Waals surface area contributed by atoms with Gasteiger partial charge in [-0.15, -0.1) is 0 Å². The number of nitrogens with zero attached hydrogens (tertiary/aromatic N) is 5. The Morgan fingerprint density at radius 1 is 1.20 bits per heavy atom. The molecule has 0 spiro atoms. The summed E-state index contributed by atoms with van der Waals surface area (Å²) < 4.78 is 5.93. The molecular weight excluding hydrogens is 444 g/mol. The van der Waals surface area contributed by atoms with Crippen LogP contribution < -0.4 is 10.5 Å². The summed E-state index contributed by atoms with van der Waals surface area (Å²) in [6.07, 6.45) is 3.92. The van der Waals surface area contributed by atoms with E-state index in [1.807, 2.05) is 36.4 Å². The van der Waals surface area contributed by atoms with E-state index in [9.17, 15) is 9.90 Å². The molecule has 1 fully saturated rings. The fraction of sp³-hybridized carbons (Fsp3) is 0.308. The lowest BCUT2D eigenvalue weighted by molar-refractivity contribution is -0.141. The molecule has 3 aromatic rings. The number of rotatable bonds is 7. The van der Waals surface area contributed by atoms with Gasteiger partial charge in [-0.2, -0.15) is 0 Å². The molecular formula is C26H30N6O3. The van der Waals surface area contributed by atoms with E-state index >= 15 is 0 Å². The number of benzene rings is 1. The lowest BCUT2D eigenvalue weighted by Gasteiger charge is -2.35. The maximum atomic E-state index is 12.0. The van der Waals surface area contributed by atoms with Crippen molar-refractivity contribution in [3.8, 4) is 11.6 Å². The number of hydrogen-bond donors (Lipinski definition) is 2. The standard InChI is InChI=1S/C26H30N6O3/c1-18(33)26(34)32-13-11-31(12-14-32)17-21-5-3-19-15-22(6-7-24(19)30-21)35-25-8-4-20(16-29-25)23(28-2)9-10-27/h3-10,15-16,18,33H,11-14,17,27H2,1-2H3. The second-order valence-corrected chi connectivity index (χ2v) is 8.39. The summed E-state index contributed by atoms with van der Waals surface area (Å²) in [6, 6.07) is 13.5. The van der Waals surface area contributed by atoms with E-state index in [4.69, 9.17) is 15.5 Å². The number of ether oxygens (including phenoxy) is 1. The van der Waals surface area contributed by atoms with Crippen molar-refractivity contribution in [2.24, 2.45) is 10.7 Å². The number of nitrogens with two attached hydrogens (primary N) is 1. The lowest BCUT2D eigenvalue weighted by atomic mass is 10.1. The van der Waals surface area contributed by atoms with Crippen LogP contribution in [0.25, 0.3) is 10.9 Å². The molecule has 2 aromatic heterocycles. The van der Waals surface area contributed by atoms with Gasteiger partial charge in [-0.05, 0) is 49.5 Å². The number of hydrogen-bond acceptors (Lipinski definition) is 8. The SMILES string of the molecule is CN=C(C=CN)c1ccc(Oc2ccc3nc(CN4CCN(C(=O)C(C)O)CC4)ccc3c2)nc1. The van der Waals surface area contributed by atoms with Crippen molar-refractivity contribution in [3.05, 3.63) is 72.2 Å². The number of pyridine rings is 2. The molecule has 1 unspecified atom stereocenters. The van der Waals surface area contributed by atoms with Crippen LogP contribution in [0.4, 0.5) is 0 Å². The van der Waals surface area contributed by atoms with Crippen molar-refractivity contribution in [1.29, 1.82) is 0 Å². The normalized spacial score (nSPS) is 16.1. The van der Waals surface area contributed by atoms with E-state index in [2.05, 4.69) is 14.9 Å². The lowest BCUT2D eigenvalue weighted by Crippen LogP contribution is -2.50. The minimum atomic E-state index is -0.949. The van der Waals surface area contributed by atoms with Crippen LogP contribution in [0.15, 0.2) is 65.9 Å². The smallest absolute Gasteiger partial charge is 0.251 e. The van der Waals surface area contributed by atoms with Gasteiger partial charge in [0, 0.05) is 63.0 Å². The molecule has 9 heteroatoms. The van der Waals surface area contributed by atoms with E-state index in [1.54, 1.807) is 30.3 Å². The zero-order valence-electron chi connectivity index (χ0n) is 20.0. The first-order chi connectivity index (χ1) is 17.0. The van der Waals surface area contributed by atoms with Gasteiger partial charge in [0.05, 0.1) is 16.9 Å². The third-order valence-electron chi connectivity index (χ3n) is 5.89. The molecule has 4 rings (SSSR count). The molecule has 1 amide bonds. The fourth-order valence-electron chi connectivity index (χ4n) is 4.02. The van der Waals surface area contributed by atoms with Gasteiger partial charge in [-0.1, -0.05) is 6.07 Å². The van der Waals surface area contributed by atoms with E-state index in [0.29, 0.717) is 31.3 Å². The van der Waals surface area contributed by atoms with Gasteiger partial charge in [0.25, 0.3) is 5.91 Å². The highest BCUT2D eigenvalue weighted by Crippen LogP contribution is 2.25. The second kappa shape index (κ2) is 11.1. The van der Waals surface area contributed by atoms with Gasteiger partial charge in [0.15, 0.2) is 0 Å². The Hall–Kier alpha value is -3.82. The number of aromatic nitrogens is 2. The van der Waals surface area contributed by atoms with Crippen LogP contribution in [-0.2, 0) is 11.3 Å². The molecule has 35 heavy (non-hydrogen) atoms. The van der Waals surface area contributed by atoms with Crippen LogP contribution in [0.5, 0.6) is 11.6 Å². The molecule has 3 heterocycles. The van der Waals surface area contributed by atoms with Crippen molar-refractivity contribution in [1.82, 2.24) is 19.8 Å². The molecule has 0 saturated carbocycles. The molecule has 1 saturated heterocycles. The van der Waals surface area contributed by atoms with Gasteiger partial charge >= 0.3 is 0 Å². The molecule has 0 aliphatic carbocycles. The summed E-state index contributed by atoms with van der Waals surface area (Å²) in [7, 11) is 1.70. The van der Waals surface area contributed by atoms with Crippen molar-refractivity contribution in [2.45, 2.75) is 19.6 Å². The number of aliphatic imine (C=N–C) groups is 1. The summed E-state index contributed by atoms with van der Waals surface area (Å²) in [5.74, 6) is 0.955. The number of aliphatic hydroxyl groups is 1. The van der Waals surface area contributed by atoms with E-state index in [0.717, 1.165) is 41.0 Å². The number of amides is 1. The highest BCUT2D eigenvalue weighted by atomic mass is 16.5. The Kier molecular flexibility index (Phi) is 7.69. The van der Waals surface area contributed by atoms with E-state index in [1.165, 1.54) is 13.1 Å². The zero-order chi connectivity index (χ0) is 24.8. The number of piperazine rings is 1. The number of allylic oxidation sites excluding steroid dienone is 1. The number of carbonyl (C=O) groups excluding carboxylic acids is 1.